The lowest BCUT2D eigenvalue weighted by atomic mass is 10.0. The minimum Gasteiger partial charge on any atom is -0.320 e. The Morgan fingerprint density at radius 2 is 2.11 bits per heavy atom. The van der Waals surface area contributed by atoms with Crippen molar-refractivity contribution >= 4 is 11.9 Å². The molecule has 8 nitrogen and oxygen atoms in total. The van der Waals surface area contributed by atoms with Gasteiger partial charge in [0.2, 0.25) is 11.9 Å². The number of nitrogens with zero attached hydrogens (tertiary/aromatic N) is 5. The van der Waals surface area contributed by atoms with Crippen LogP contribution in [0.1, 0.15) is 19.5 Å². The van der Waals surface area contributed by atoms with Crippen molar-refractivity contribution in [2.24, 2.45) is 5.73 Å². The molecule has 0 aliphatic heterocycles. The van der Waals surface area contributed by atoms with Crippen LogP contribution in [0.4, 0.5) is 5.95 Å². The van der Waals surface area contributed by atoms with Crippen molar-refractivity contribution in [2.75, 3.05) is 5.32 Å². The third-order valence-electron chi connectivity index (χ3n) is 2.32. The Morgan fingerprint density at radius 3 is 2.68 bits per heavy atom. The van der Waals surface area contributed by atoms with Gasteiger partial charge in [0, 0.05) is 12.4 Å². The summed E-state index contributed by atoms with van der Waals surface area (Å²) in [7, 11) is 0. The van der Waals surface area contributed by atoms with Gasteiger partial charge in [0.1, 0.15) is 12.2 Å². The van der Waals surface area contributed by atoms with E-state index in [1.54, 1.807) is 24.7 Å². The second-order valence-corrected chi connectivity index (χ2v) is 4.64. The first-order valence-corrected chi connectivity index (χ1v) is 5.71. The molecule has 0 spiro atoms. The zero-order valence-corrected chi connectivity index (χ0v) is 10.7. The Labute approximate surface area is 110 Å². The van der Waals surface area contributed by atoms with Crippen molar-refractivity contribution in [3.05, 3.63) is 30.4 Å². The van der Waals surface area contributed by atoms with Gasteiger partial charge in [-0.3, -0.25) is 10.1 Å². The molecule has 1 amide bonds. The molecule has 0 aliphatic carbocycles. The summed E-state index contributed by atoms with van der Waals surface area (Å²) in [6.45, 7) is 3.67. The maximum Gasteiger partial charge on any atom is 0.248 e. The van der Waals surface area contributed by atoms with Gasteiger partial charge >= 0.3 is 0 Å². The Bertz CT molecular complexity index is 558. The molecule has 0 aromatic carbocycles. The second kappa shape index (κ2) is 5.11. The lowest BCUT2D eigenvalue weighted by molar-refractivity contribution is -0.117. The first-order chi connectivity index (χ1) is 8.95. The molecule has 2 rings (SSSR count). The van der Waals surface area contributed by atoms with Gasteiger partial charge in [-0.25, -0.2) is 14.6 Å². The predicted octanol–water partition coefficient (Wildman–Crippen LogP) is -0.0994. The van der Waals surface area contributed by atoms with Gasteiger partial charge < -0.3 is 5.73 Å². The van der Waals surface area contributed by atoms with Crippen LogP contribution >= 0.6 is 0 Å². The summed E-state index contributed by atoms with van der Waals surface area (Å²) >= 11 is 0. The van der Waals surface area contributed by atoms with Gasteiger partial charge in [-0.1, -0.05) is 5.21 Å². The van der Waals surface area contributed by atoms with Crippen LogP contribution in [0.5, 0.6) is 0 Å². The van der Waals surface area contributed by atoms with Crippen molar-refractivity contribution in [1.82, 2.24) is 25.0 Å². The molecule has 2 heterocycles. The lowest BCUT2D eigenvalue weighted by Gasteiger charge is -2.13. The van der Waals surface area contributed by atoms with Crippen molar-refractivity contribution in [3.63, 3.8) is 0 Å². The molecule has 8 heteroatoms. The van der Waals surface area contributed by atoms with E-state index in [1.807, 2.05) is 13.8 Å². The molecule has 100 valence electrons. The third-order valence-corrected chi connectivity index (χ3v) is 2.32. The molecule has 2 aromatic rings. The highest BCUT2D eigenvalue weighted by Crippen LogP contribution is 2.12. The van der Waals surface area contributed by atoms with E-state index < -0.39 is 5.54 Å². The number of rotatable bonds is 4. The zero-order chi connectivity index (χ0) is 13.9. The highest BCUT2D eigenvalue weighted by Gasteiger charge is 2.18. The highest BCUT2D eigenvalue weighted by atomic mass is 16.2. The Kier molecular flexibility index (Phi) is 3.52. The standard InChI is InChI=1S/C11H15N7O/c1-11(2,12)8-6-18(17-16-8)7-9(19)15-10-13-4-3-5-14-10/h3-6H,7,12H2,1-2H3,(H,13,14,15,19). The molecule has 2 aromatic heterocycles. The fourth-order valence-corrected chi connectivity index (χ4v) is 1.35. The molecule has 0 fully saturated rings. The van der Waals surface area contributed by atoms with Crippen LogP contribution < -0.4 is 11.1 Å². The summed E-state index contributed by atoms with van der Waals surface area (Å²) in [5.41, 5.74) is 5.92. The number of carbonyl (C=O) groups is 1. The second-order valence-electron chi connectivity index (χ2n) is 4.64. The summed E-state index contributed by atoms with van der Waals surface area (Å²) in [5.74, 6) is -0.0236. The molecule has 0 radical (unpaired) electrons. The third kappa shape index (κ3) is 3.55. The van der Waals surface area contributed by atoms with Crippen LogP contribution in [0.2, 0.25) is 0 Å². The van der Waals surface area contributed by atoms with Gasteiger partial charge in [-0.05, 0) is 19.9 Å². The smallest absolute Gasteiger partial charge is 0.248 e. The fourth-order valence-electron chi connectivity index (χ4n) is 1.35. The lowest BCUT2D eigenvalue weighted by Crippen LogP contribution is -2.29. The van der Waals surface area contributed by atoms with E-state index >= 15 is 0 Å². The molecule has 0 saturated heterocycles. The summed E-state index contributed by atoms with van der Waals surface area (Å²) in [6.07, 6.45) is 4.74. The summed E-state index contributed by atoms with van der Waals surface area (Å²) in [5, 5.41) is 10.3. The summed E-state index contributed by atoms with van der Waals surface area (Å²) in [4.78, 5) is 19.5. The SMILES string of the molecule is CC(C)(N)c1cn(CC(=O)Nc2ncccn2)nn1. The number of nitrogens with one attached hydrogen (secondary N) is 1. The molecule has 0 aliphatic rings. The maximum atomic E-state index is 11.7. The Morgan fingerprint density at radius 1 is 1.42 bits per heavy atom. The number of carbonyl (C=O) groups excluding carboxylic acids is 1. The van der Waals surface area contributed by atoms with E-state index in [2.05, 4.69) is 25.6 Å². The molecule has 0 atom stereocenters. The Hall–Kier alpha value is -2.35. The molecule has 0 saturated carbocycles. The van der Waals surface area contributed by atoms with Gasteiger partial charge in [0.05, 0.1) is 11.7 Å². The monoisotopic (exact) mass is 261 g/mol. The van der Waals surface area contributed by atoms with E-state index in [0.717, 1.165) is 0 Å². The molecular formula is C11H15N7O. The number of nitrogens with two attached hydrogens (primary N) is 1. The largest absolute Gasteiger partial charge is 0.320 e. The van der Waals surface area contributed by atoms with Crippen molar-refractivity contribution < 1.29 is 4.79 Å². The zero-order valence-electron chi connectivity index (χ0n) is 10.7. The minimum absolute atomic E-state index is 0.0291. The average Bonchev–Trinajstić information content (AvgIpc) is 2.78. The van der Waals surface area contributed by atoms with E-state index in [4.69, 9.17) is 5.73 Å². The summed E-state index contributed by atoms with van der Waals surface area (Å²) in [6, 6.07) is 1.67. The van der Waals surface area contributed by atoms with Crippen molar-refractivity contribution in [2.45, 2.75) is 25.9 Å². The van der Waals surface area contributed by atoms with Crippen LogP contribution in [-0.4, -0.2) is 30.9 Å². The topological polar surface area (TPSA) is 112 Å². The molecule has 0 unspecified atom stereocenters. The van der Waals surface area contributed by atoms with Crippen LogP contribution in [-0.2, 0) is 16.9 Å². The maximum absolute atomic E-state index is 11.7. The molecular weight excluding hydrogens is 246 g/mol. The molecule has 0 bridgehead atoms. The van der Waals surface area contributed by atoms with E-state index in [0.29, 0.717) is 5.69 Å². The van der Waals surface area contributed by atoms with E-state index in [-0.39, 0.29) is 18.4 Å². The molecule has 19 heavy (non-hydrogen) atoms. The minimum atomic E-state index is -0.586. The first kappa shape index (κ1) is 13.1. The van der Waals surface area contributed by atoms with Gasteiger partial charge in [0.25, 0.3) is 0 Å². The average molecular weight is 261 g/mol. The number of amides is 1. The van der Waals surface area contributed by atoms with Crippen LogP contribution in [0, 0.1) is 0 Å². The number of anilines is 1. The van der Waals surface area contributed by atoms with Gasteiger partial charge in [0.15, 0.2) is 0 Å². The molecule has 3 N–H and O–H groups in total. The fraction of sp³-hybridized carbons (Fsp3) is 0.364. The van der Waals surface area contributed by atoms with Crippen LogP contribution in [0.25, 0.3) is 0 Å². The van der Waals surface area contributed by atoms with Gasteiger partial charge in [-0.2, -0.15) is 0 Å². The quantitative estimate of drug-likeness (QED) is 0.795. The number of hydrogen-bond acceptors (Lipinski definition) is 6. The highest BCUT2D eigenvalue weighted by molar-refractivity contribution is 5.88. The Balaban J connectivity index is 1.98. The van der Waals surface area contributed by atoms with Crippen LogP contribution in [0.3, 0.4) is 0 Å². The number of aromatic nitrogens is 5. The van der Waals surface area contributed by atoms with E-state index in [9.17, 15) is 4.79 Å². The summed E-state index contributed by atoms with van der Waals surface area (Å²) < 4.78 is 1.42. The predicted molar refractivity (Wildman–Crippen MR) is 67.9 cm³/mol. The first-order valence-electron chi connectivity index (χ1n) is 5.71. The van der Waals surface area contributed by atoms with Crippen molar-refractivity contribution in [1.29, 1.82) is 0 Å². The van der Waals surface area contributed by atoms with E-state index in [1.165, 1.54) is 4.68 Å². The van der Waals surface area contributed by atoms with Gasteiger partial charge in [-0.15, -0.1) is 5.10 Å². The number of hydrogen-bond donors (Lipinski definition) is 2. The normalized spacial score (nSPS) is 11.3. The van der Waals surface area contributed by atoms with Crippen molar-refractivity contribution in [3.8, 4) is 0 Å². The van der Waals surface area contributed by atoms with Crippen LogP contribution in [0.15, 0.2) is 24.7 Å².